The Morgan fingerprint density at radius 1 is 1.19 bits per heavy atom. The number of rotatable bonds is 9. The number of aliphatic carboxylic acids is 1. The van der Waals surface area contributed by atoms with Crippen LogP contribution in [-0.4, -0.2) is 43.2 Å². The molecular formula is C22H23F2N5O3. The third-order valence-corrected chi connectivity index (χ3v) is 5.00. The van der Waals surface area contributed by atoms with E-state index in [2.05, 4.69) is 20.4 Å². The lowest BCUT2D eigenvalue weighted by Gasteiger charge is -2.17. The molecule has 0 saturated heterocycles. The van der Waals surface area contributed by atoms with Crippen molar-refractivity contribution in [3.8, 4) is 11.5 Å². The molecule has 3 aromatic rings. The molecule has 0 fully saturated rings. The number of benzene rings is 1. The summed E-state index contributed by atoms with van der Waals surface area (Å²) in [5, 5.41) is 16.4. The largest absolute Gasteiger partial charge is 0.481 e. The van der Waals surface area contributed by atoms with E-state index in [0.717, 1.165) is 6.20 Å². The molecule has 1 atom stereocenters. The molecule has 0 aliphatic carbocycles. The van der Waals surface area contributed by atoms with Gasteiger partial charge in [-0.2, -0.15) is 5.10 Å². The van der Waals surface area contributed by atoms with Crippen molar-refractivity contribution >= 4 is 17.6 Å². The van der Waals surface area contributed by atoms with Gasteiger partial charge in [0, 0.05) is 19.0 Å². The Morgan fingerprint density at radius 3 is 2.53 bits per heavy atom. The Bertz CT molecular complexity index is 1150. The second-order valence-corrected chi connectivity index (χ2v) is 7.68. The van der Waals surface area contributed by atoms with E-state index >= 15 is 0 Å². The third kappa shape index (κ3) is 5.13. The lowest BCUT2D eigenvalue weighted by molar-refractivity contribution is -0.142. The number of anilines is 1. The number of carboxylic acid groups (broad SMARTS) is 1. The second-order valence-electron chi connectivity index (χ2n) is 7.68. The van der Waals surface area contributed by atoms with Crippen LogP contribution in [0.5, 0.6) is 0 Å². The van der Waals surface area contributed by atoms with E-state index in [1.807, 2.05) is 0 Å². The molecule has 0 radical (unpaired) electrons. The summed E-state index contributed by atoms with van der Waals surface area (Å²) in [7, 11) is 0. The van der Waals surface area contributed by atoms with Gasteiger partial charge in [-0.3, -0.25) is 14.3 Å². The zero-order valence-corrected chi connectivity index (χ0v) is 17.8. The SMILES string of the molecule is CC(=O)c1cc(-c2ncc(F)c(NC[C@@H](C(=O)O)C(C)C)n2)nn1Cc1ccccc1F. The second kappa shape index (κ2) is 9.63. The van der Waals surface area contributed by atoms with Gasteiger partial charge in [-0.15, -0.1) is 0 Å². The Labute approximate surface area is 183 Å². The molecule has 0 unspecified atom stereocenters. The van der Waals surface area contributed by atoms with E-state index in [4.69, 9.17) is 0 Å². The highest BCUT2D eigenvalue weighted by atomic mass is 19.1. The molecule has 2 N–H and O–H groups in total. The predicted octanol–water partition coefficient (Wildman–Crippen LogP) is 3.64. The highest BCUT2D eigenvalue weighted by molar-refractivity contribution is 5.93. The molecular weight excluding hydrogens is 420 g/mol. The molecule has 8 nitrogen and oxygen atoms in total. The van der Waals surface area contributed by atoms with Crippen LogP contribution in [0.15, 0.2) is 36.5 Å². The Hall–Kier alpha value is -3.69. The molecule has 168 valence electrons. The molecule has 2 heterocycles. The van der Waals surface area contributed by atoms with Gasteiger partial charge >= 0.3 is 5.97 Å². The zero-order valence-electron chi connectivity index (χ0n) is 17.8. The monoisotopic (exact) mass is 443 g/mol. The van der Waals surface area contributed by atoms with Crippen LogP contribution in [0.1, 0.15) is 36.8 Å². The van der Waals surface area contributed by atoms with Gasteiger partial charge in [0.05, 0.1) is 18.7 Å². The summed E-state index contributed by atoms with van der Waals surface area (Å²) in [5.41, 5.74) is 0.769. The van der Waals surface area contributed by atoms with Crippen LogP contribution in [-0.2, 0) is 11.3 Å². The number of ketones is 1. The predicted molar refractivity (Wildman–Crippen MR) is 113 cm³/mol. The fraction of sp³-hybridized carbons (Fsp3) is 0.318. The van der Waals surface area contributed by atoms with Crippen molar-refractivity contribution < 1.29 is 23.5 Å². The van der Waals surface area contributed by atoms with Gasteiger partial charge in [0.15, 0.2) is 23.2 Å². The lowest BCUT2D eigenvalue weighted by Crippen LogP contribution is -2.28. The molecule has 3 rings (SSSR count). The van der Waals surface area contributed by atoms with E-state index in [1.54, 1.807) is 32.0 Å². The van der Waals surface area contributed by atoms with Gasteiger partial charge in [0.1, 0.15) is 17.2 Å². The van der Waals surface area contributed by atoms with Crippen LogP contribution in [0.25, 0.3) is 11.5 Å². The van der Waals surface area contributed by atoms with Crippen LogP contribution in [0, 0.1) is 23.5 Å². The maximum Gasteiger partial charge on any atom is 0.308 e. The first-order chi connectivity index (χ1) is 15.2. The van der Waals surface area contributed by atoms with E-state index in [1.165, 1.54) is 23.7 Å². The number of nitrogens with one attached hydrogen (secondary N) is 1. The smallest absolute Gasteiger partial charge is 0.308 e. The number of hydrogen-bond acceptors (Lipinski definition) is 6. The standard InChI is InChI=1S/C22H23F2N5O3/c1-12(2)15(22(31)32)9-25-20-17(24)10-26-21(27-20)18-8-19(13(3)30)29(28-18)11-14-6-4-5-7-16(14)23/h4-8,10,12,15H,9,11H2,1-3H3,(H,31,32)(H,25,26,27)/t15-/m1/s1. The molecule has 0 aliphatic heterocycles. The minimum absolute atomic E-state index is 0.0164. The molecule has 2 aromatic heterocycles. The number of halogens is 2. The van der Waals surface area contributed by atoms with Crippen LogP contribution in [0.4, 0.5) is 14.6 Å². The molecule has 0 saturated carbocycles. The normalized spacial score (nSPS) is 12.1. The third-order valence-electron chi connectivity index (χ3n) is 5.00. The van der Waals surface area contributed by atoms with Crippen molar-refractivity contribution in [2.75, 3.05) is 11.9 Å². The maximum absolute atomic E-state index is 14.2. The summed E-state index contributed by atoms with van der Waals surface area (Å²) in [4.78, 5) is 31.5. The molecule has 0 amide bonds. The number of Topliss-reactive ketones (excluding diaryl/α,β-unsaturated/α-hetero) is 1. The molecule has 0 bridgehead atoms. The van der Waals surface area contributed by atoms with E-state index in [0.29, 0.717) is 5.56 Å². The number of hydrogen-bond donors (Lipinski definition) is 2. The Kier molecular flexibility index (Phi) is 6.92. The van der Waals surface area contributed by atoms with E-state index in [-0.39, 0.29) is 47.8 Å². The Balaban J connectivity index is 1.91. The summed E-state index contributed by atoms with van der Waals surface area (Å²) in [5.74, 6) is -3.51. The van der Waals surface area contributed by atoms with Gasteiger partial charge in [-0.05, 0) is 18.1 Å². The summed E-state index contributed by atoms with van der Waals surface area (Å²) in [6, 6.07) is 7.60. The summed E-state index contributed by atoms with van der Waals surface area (Å²) < 4.78 is 29.6. The number of aromatic nitrogens is 4. The number of carbonyl (C=O) groups excluding carboxylic acids is 1. The molecule has 32 heavy (non-hydrogen) atoms. The first kappa shape index (κ1) is 23.0. The fourth-order valence-electron chi connectivity index (χ4n) is 3.15. The average molecular weight is 443 g/mol. The Morgan fingerprint density at radius 2 is 1.91 bits per heavy atom. The summed E-state index contributed by atoms with van der Waals surface area (Å²) in [6.45, 7) is 4.86. The maximum atomic E-state index is 14.2. The van der Waals surface area contributed by atoms with Gasteiger partial charge in [0.25, 0.3) is 0 Å². The van der Waals surface area contributed by atoms with Crippen molar-refractivity contribution in [2.45, 2.75) is 27.3 Å². The highest BCUT2D eigenvalue weighted by Gasteiger charge is 2.23. The van der Waals surface area contributed by atoms with Crippen LogP contribution < -0.4 is 5.32 Å². The van der Waals surface area contributed by atoms with Crippen molar-refractivity contribution in [3.05, 3.63) is 59.4 Å². The van der Waals surface area contributed by atoms with Gasteiger partial charge in [-0.1, -0.05) is 32.0 Å². The number of nitrogens with zero attached hydrogens (tertiary/aromatic N) is 4. The molecule has 10 heteroatoms. The van der Waals surface area contributed by atoms with Crippen LogP contribution in [0.3, 0.4) is 0 Å². The summed E-state index contributed by atoms with van der Waals surface area (Å²) >= 11 is 0. The first-order valence-corrected chi connectivity index (χ1v) is 9.99. The average Bonchev–Trinajstić information content (AvgIpc) is 3.15. The molecule has 1 aromatic carbocycles. The summed E-state index contributed by atoms with van der Waals surface area (Å²) in [6.07, 6.45) is 0.944. The van der Waals surface area contributed by atoms with Gasteiger partial charge in [0.2, 0.25) is 0 Å². The molecule has 0 aliphatic rings. The van der Waals surface area contributed by atoms with Crippen molar-refractivity contribution in [3.63, 3.8) is 0 Å². The van der Waals surface area contributed by atoms with E-state index in [9.17, 15) is 23.5 Å². The zero-order chi connectivity index (χ0) is 23.4. The fourth-order valence-corrected chi connectivity index (χ4v) is 3.15. The van der Waals surface area contributed by atoms with Crippen molar-refractivity contribution in [1.82, 2.24) is 19.7 Å². The lowest BCUT2D eigenvalue weighted by atomic mass is 9.96. The van der Waals surface area contributed by atoms with Gasteiger partial charge in [-0.25, -0.2) is 18.7 Å². The van der Waals surface area contributed by atoms with Crippen LogP contribution in [0.2, 0.25) is 0 Å². The van der Waals surface area contributed by atoms with E-state index < -0.39 is 23.5 Å². The first-order valence-electron chi connectivity index (χ1n) is 9.99. The number of carbonyl (C=O) groups is 2. The van der Waals surface area contributed by atoms with Crippen LogP contribution >= 0.6 is 0 Å². The quantitative estimate of drug-likeness (QED) is 0.486. The number of carboxylic acids is 1. The van der Waals surface area contributed by atoms with Crippen molar-refractivity contribution in [1.29, 1.82) is 0 Å². The van der Waals surface area contributed by atoms with Gasteiger partial charge < -0.3 is 10.4 Å². The topological polar surface area (TPSA) is 110 Å². The molecule has 0 spiro atoms. The minimum Gasteiger partial charge on any atom is -0.481 e. The highest BCUT2D eigenvalue weighted by Crippen LogP contribution is 2.21. The van der Waals surface area contributed by atoms with Crippen molar-refractivity contribution in [2.24, 2.45) is 11.8 Å². The minimum atomic E-state index is -1.000.